The quantitative estimate of drug-likeness (QED) is 0.692. The molecule has 0 aromatic carbocycles. The van der Waals surface area contributed by atoms with Gasteiger partial charge in [-0.3, -0.25) is 9.59 Å². The number of aromatic amines is 1. The van der Waals surface area contributed by atoms with E-state index in [1.807, 2.05) is 0 Å². The molecule has 1 amide bonds. The largest absolute Gasteiger partial charge is 0.345 e. The Morgan fingerprint density at radius 2 is 2.36 bits per heavy atom. The number of amides is 1. The van der Waals surface area contributed by atoms with Crippen LogP contribution in [0.25, 0.3) is 0 Å². The molecule has 1 unspecified atom stereocenters. The number of carbonyl (C=O) groups excluding carboxylic acids is 1. The molecular weight excluding hydrogens is 180 g/mol. The zero-order valence-electron chi connectivity index (χ0n) is 7.91. The summed E-state index contributed by atoms with van der Waals surface area (Å²) in [4.78, 5) is 24.8. The molecule has 0 aliphatic rings. The zero-order chi connectivity index (χ0) is 10.6. The molecule has 1 rings (SSSR count). The number of H-pyrrole nitrogens is 1. The highest BCUT2D eigenvalue weighted by atomic mass is 16.2. The maximum absolute atomic E-state index is 11.4. The van der Waals surface area contributed by atoms with E-state index in [0.29, 0.717) is 0 Å². The van der Waals surface area contributed by atoms with Crippen LogP contribution >= 0.6 is 0 Å². The zero-order valence-corrected chi connectivity index (χ0v) is 7.91. The highest BCUT2D eigenvalue weighted by Gasteiger charge is 2.07. The van der Waals surface area contributed by atoms with E-state index in [1.54, 1.807) is 19.1 Å². The lowest BCUT2D eigenvalue weighted by Crippen LogP contribution is -2.32. The van der Waals surface area contributed by atoms with Crippen molar-refractivity contribution in [2.24, 2.45) is 0 Å². The predicted molar refractivity (Wildman–Crippen MR) is 54.2 cm³/mol. The van der Waals surface area contributed by atoms with Crippen molar-refractivity contribution in [3.63, 3.8) is 0 Å². The Bertz CT molecular complexity index is 395. The van der Waals surface area contributed by atoms with Gasteiger partial charge < -0.3 is 10.3 Å². The van der Waals surface area contributed by atoms with E-state index < -0.39 is 0 Å². The summed E-state index contributed by atoms with van der Waals surface area (Å²) in [6, 6.07) is 4.32. The molecule has 4 nitrogen and oxygen atoms in total. The smallest absolute Gasteiger partial charge is 0.268 e. The molecule has 0 radical (unpaired) electrons. The minimum atomic E-state index is -0.310. The number of pyridine rings is 1. The van der Waals surface area contributed by atoms with Gasteiger partial charge in [0.25, 0.3) is 5.91 Å². The average Bonchev–Trinajstić information content (AvgIpc) is 2.17. The summed E-state index contributed by atoms with van der Waals surface area (Å²) in [6.07, 6.45) is 1.61. The monoisotopic (exact) mass is 192 g/mol. The predicted octanol–water partition coefficient (Wildman–Crippen LogP) is 0.679. The number of carbonyl (C=O) groups is 1. The lowest BCUT2D eigenvalue weighted by atomic mass is 10.3. The van der Waals surface area contributed by atoms with Crippen molar-refractivity contribution in [1.82, 2.24) is 10.3 Å². The van der Waals surface area contributed by atoms with Gasteiger partial charge in [0.05, 0.1) is 0 Å². The van der Waals surface area contributed by atoms with Crippen molar-refractivity contribution in [2.45, 2.75) is 13.0 Å². The molecule has 0 aliphatic carbocycles. The Labute approximate surface area is 81.7 Å². The molecule has 1 aromatic rings. The molecule has 0 bridgehead atoms. The van der Waals surface area contributed by atoms with Crippen LogP contribution < -0.4 is 10.9 Å². The van der Waals surface area contributed by atoms with E-state index in [2.05, 4.69) is 16.9 Å². The van der Waals surface area contributed by atoms with Crippen LogP contribution in [0.1, 0.15) is 17.4 Å². The molecule has 0 saturated carbocycles. The SMILES string of the molecule is C=CC(C)NC(=O)c1cccc(=O)[nH]1. The Balaban J connectivity index is 2.79. The summed E-state index contributed by atoms with van der Waals surface area (Å²) in [6.45, 7) is 5.34. The van der Waals surface area contributed by atoms with E-state index in [1.165, 1.54) is 12.1 Å². The topological polar surface area (TPSA) is 62.0 Å². The number of aromatic nitrogens is 1. The number of rotatable bonds is 3. The fraction of sp³-hybridized carbons (Fsp3) is 0.200. The van der Waals surface area contributed by atoms with Gasteiger partial charge in [0.15, 0.2) is 0 Å². The number of hydrogen-bond donors (Lipinski definition) is 2. The van der Waals surface area contributed by atoms with E-state index in [-0.39, 0.29) is 23.2 Å². The fourth-order valence-electron chi connectivity index (χ4n) is 0.924. The second-order valence-electron chi connectivity index (χ2n) is 2.93. The molecule has 1 atom stereocenters. The summed E-state index contributed by atoms with van der Waals surface area (Å²) in [5.41, 5.74) is -0.0323. The van der Waals surface area contributed by atoms with E-state index >= 15 is 0 Å². The van der Waals surface area contributed by atoms with Crippen LogP contribution in [0.2, 0.25) is 0 Å². The standard InChI is InChI=1S/C10H12N2O2/c1-3-7(2)11-10(14)8-5-4-6-9(13)12-8/h3-7H,1H2,2H3,(H,11,14)(H,12,13). The first-order chi connectivity index (χ1) is 6.63. The normalized spacial score (nSPS) is 11.8. The van der Waals surface area contributed by atoms with Gasteiger partial charge in [0.2, 0.25) is 5.56 Å². The van der Waals surface area contributed by atoms with Crippen molar-refractivity contribution in [3.8, 4) is 0 Å². The second kappa shape index (κ2) is 4.41. The Morgan fingerprint density at radius 3 is 2.93 bits per heavy atom. The van der Waals surface area contributed by atoms with Crippen LogP contribution in [-0.2, 0) is 0 Å². The van der Waals surface area contributed by atoms with Gasteiger partial charge in [-0.05, 0) is 13.0 Å². The van der Waals surface area contributed by atoms with E-state index in [9.17, 15) is 9.59 Å². The molecule has 1 aromatic heterocycles. The molecule has 0 saturated heterocycles. The molecule has 74 valence electrons. The first kappa shape index (κ1) is 10.2. The highest BCUT2D eigenvalue weighted by molar-refractivity contribution is 5.92. The van der Waals surface area contributed by atoms with Gasteiger partial charge >= 0.3 is 0 Å². The van der Waals surface area contributed by atoms with Crippen LogP contribution in [0.15, 0.2) is 35.6 Å². The molecule has 0 fully saturated rings. The van der Waals surface area contributed by atoms with Crippen LogP contribution in [0.4, 0.5) is 0 Å². The second-order valence-corrected chi connectivity index (χ2v) is 2.93. The average molecular weight is 192 g/mol. The van der Waals surface area contributed by atoms with E-state index in [4.69, 9.17) is 0 Å². The number of nitrogens with one attached hydrogen (secondary N) is 2. The minimum absolute atomic E-state index is 0.119. The first-order valence-corrected chi connectivity index (χ1v) is 4.26. The summed E-state index contributed by atoms with van der Waals surface area (Å²) in [5.74, 6) is -0.310. The molecule has 2 N–H and O–H groups in total. The molecular formula is C10H12N2O2. The maximum Gasteiger partial charge on any atom is 0.268 e. The molecule has 1 heterocycles. The van der Waals surface area contributed by atoms with Gasteiger partial charge in [-0.1, -0.05) is 12.1 Å². The highest BCUT2D eigenvalue weighted by Crippen LogP contribution is 1.91. The van der Waals surface area contributed by atoms with E-state index in [0.717, 1.165) is 0 Å². The van der Waals surface area contributed by atoms with Crippen LogP contribution in [0.3, 0.4) is 0 Å². The van der Waals surface area contributed by atoms with Gasteiger partial charge in [0.1, 0.15) is 5.69 Å². The molecule has 0 aliphatic heterocycles. The minimum Gasteiger partial charge on any atom is -0.345 e. The lowest BCUT2D eigenvalue weighted by molar-refractivity contribution is 0.0941. The maximum atomic E-state index is 11.4. The first-order valence-electron chi connectivity index (χ1n) is 4.26. The van der Waals surface area contributed by atoms with Crippen molar-refractivity contribution in [3.05, 3.63) is 46.9 Å². The summed E-state index contributed by atoms with van der Waals surface area (Å²) < 4.78 is 0. The van der Waals surface area contributed by atoms with Crippen LogP contribution in [0.5, 0.6) is 0 Å². The van der Waals surface area contributed by atoms with Crippen LogP contribution in [0, 0.1) is 0 Å². The fourth-order valence-corrected chi connectivity index (χ4v) is 0.924. The van der Waals surface area contributed by atoms with Gasteiger partial charge in [-0.2, -0.15) is 0 Å². The van der Waals surface area contributed by atoms with Crippen molar-refractivity contribution in [2.75, 3.05) is 0 Å². The van der Waals surface area contributed by atoms with Gasteiger partial charge in [-0.15, -0.1) is 6.58 Å². The Morgan fingerprint density at radius 1 is 1.64 bits per heavy atom. The lowest BCUT2D eigenvalue weighted by Gasteiger charge is -2.08. The Kier molecular flexibility index (Phi) is 3.23. The number of hydrogen-bond acceptors (Lipinski definition) is 2. The Hall–Kier alpha value is -1.84. The molecule has 14 heavy (non-hydrogen) atoms. The van der Waals surface area contributed by atoms with Gasteiger partial charge in [0, 0.05) is 12.1 Å². The third-order valence-electron chi connectivity index (χ3n) is 1.73. The van der Waals surface area contributed by atoms with Crippen molar-refractivity contribution >= 4 is 5.91 Å². The van der Waals surface area contributed by atoms with Crippen molar-refractivity contribution in [1.29, 1.82) is 0 Å². The summed E-state index contributed by atoms with van der Waals surface area (Å²) in [7, 11) is 0. The summed E-state index contributed by atoms with van der Waals surface area (Å²) >= 11 is 0. The third kappa shape index (κ3) is 2.58. The summed E-state index contributed by atoms with van der Waals surface area (Å²) in [5, 5.41) is 2.65. The van der Waals surface area contributed by atoms with Crippen LogP contribution in [-0.4, -0.2) is 16.9 Å². The third-order valence-corrected chi connectivity index (χ3v) is 1.73. The molecule has 0 spiro atoms. The van der Waals surface area contributed by atoms with Crippen molar-refractivity contribution < 1.29 is 4.79 Å². The molecule has 4 heteroatoms. The van der Waals surface area contributed by atoms with Gasteiger partial charge in [-0.25, -0.2) is 0 Å².